The maximum absolute atomic E-state index is 12.3. The molecule has 3 N–H and O–H groups in total. The third-order valence-electron chi connectivity index (χ3n) is 3.70. The first-order valence-corrected chi connectivity index (χ1v) is 7.14. The fourth-order valence-electron chi connectivity index (χ4n) is 2.55. The summed E-state index contributed by atoms with van der Waals surface area (Å²) in [5, 5.41) is 3.13. The Morgan fingerprint density at radius 2 is 2.11 bits per heavy atom. The van der Waals surface area contributed by atoms with Crippen LogP contribution in [0.3, 0.4) is 0 Å². The van der Waals surface area contributed by atoms with Crippen molar-refractivity contribution in [2.24, 2.45) is 5.73 Å². The van der Waals surface area contributed by atoms with E-state index in [9.17, 15) is 4.79 Å². The maximum atomic E-state index is 12.3. The van der Waals surface area contributed by atoms with Gasteiger partial charge in [-0.2, -0.15) is 0 Å². The third kappa shape index (κ3) is 2.75. The zero-order valence-electron chi connectivity index (χ0n) is 10.6. The Labute approximate surface area is 116 Å². The van der Waals surface area contributed by atoms with Gasteiger partial charge in [-0.05, 0) is 47.8 Å². The van der Waals surface area contributed by atoms with Crippen molar-refractivity contribution in [3.63, 3.8) is 0 Å². The fraction of sp³-hybridized carbons (Fsp3) is 0.500. The van der Waals surface area contributed by atoms with Crippen LogP contribution in [0.25, 0.3) is 0 Å². The van der Waals surface area contributed by atoms with Crippen molar-refractivity contribution in [1.29, 1.82) is 0 Å². The second-order valence-electron chi connectivity index (χ2n) is 5.13. The van der Waals surface area contributed by atoms with Gasteiger partial charge in [0.25, 0.3) is 5.91 Å². The molecule has 0 unspecified atom stereocenters. The number of nitrogens with two attached hydrogens (primary N) is 1. The Morgan fingerprint density at radius 3 is 2.72 bits per heavy atom. The smallest absolute Gasteiger partial charge is 0.252 e. The largest absolute Gasteiger partial charge is 0.345 e. The lowest BCUT2D eigenvalue weighted by Crippen LogP contribution is -2.51. The number of halogens is 1. The number of benzene rings is 1. The molecule has 2 rings (SSSR count). The van der Waals surface area contributed by atoms with E-state index in [4.69, 9.17) is 5.73 Å². The molecule has 1 aromatic rings. The number of aryl methyl sites for hydroxylation is 1. The summed E-state index contributed by atoms with van der Waals surface area (Å²) in [7, 11) is 0. The molecule has 3 nitrogen and oxygen atoms in total. The number of amides is 1. The Balaban J connectivity index is 2.18. The van der Waals surface area contributed by atoms with E-state index in [1.807, 2.05) is 25.1 Å². The summed E-state index contributed by atoms with van der Waals surface area (Å²) in [4.78, 5) is 12.3. The van der Waals surface area contributed by atoms with E-state index in [0.717, 1.165) is 35.7 Å². The Kier molecular flexibility index (Phi) is 4.07. The molecule has 1 aliphatic rings. The number of hydrogen-bond acceptors (Lipinski definition) is 2. The van der Waals surface area contributed by atoms with Gasteiger partial charge in [0.1, 0.15) is 0 Å². The van der Waals surface area contributed by atoms with Gasteiger partial charge in [0.05, 0.1) is 11.1 Å². The average molecular weight is 311 g/mol. The molecular weight excluding hydrogens is 292 g/mol. The van der Waals surface area contributed by atoms with E-state index in [1.54, 1.807) is 0 Å². The predicted molar refractivity (Wildman–Crippen MR) is 76.6 cm³/mol. The van der Waals surface area contributed by atoms with Crippen molar-refractivity contribution < 1.29 is 4.79 Å². The lowest BCUT2D eigenvalue weighted by atomic mass is 9.97. The Hall–Kier alpha value is -0.870. The van der Waals surface area contributed by atoms with Gasteiger partial charge in [-0.3, -0.25) is 4.79 Å². The number of carbonyl (C=O) groups excluding carboxylic acids is 1. The molecule has 0 aliphatic heterocycles. The van der Waals surface area contributed by atoms with Crippen LogP contribution in [0.4, 0.5) is 0 Å². The molecular formula is C14H19BrN2O. The molecule has 98 valence electrons. The molecule has 0 bridgehead atoms. The summed E-state index contributed by atoms with van der Waals surface area (Å²) in [5.74, 6) is -0.0297. The molecule has 1 saturated carbocycles. The monoisotopic (exact) mass is 310 g/mol. The molecule has 0 heterocycles. The van der Waals surface area contributed by atoms with Crippen LogP contribution in [-0.4, -0.2) is 18.0 Å². The Morgan fingerprint density at radius 1 is 1.44 bits per heavy atom. The molecule has 4 heteroatoms. The standard InChI is InChI=1S/C14H19BrN2O/c1-10-4-5-12(15)11(8-10)13(18)17-14(9-16)6-2-3-7-14/h4-5,8H,2-3,6-7,9,16H2,1H3,(H,17,18). The van der Waals surface area contributed by atoms with Crippen LogP contribution in [0.2, 0.25) is 0 Å². The van der Waals surface area contributed by atoms with E-state index in [2.05, 4.69) is 21.2 Å². The normalized spacial score (nSPS) is 17.7. The molecule has 0 saturated heterocycles. The first-order valence-electron chi connectivity index (χ1n) is 6.35. The van der Waals surface area contributed by atoms with Gasteiger partial charge < -0.3 is 11.1 Å². The summed E-state index contributed by atoms with van der Waals surface area (Å²) in [6.07, 6.45) is 4.26. The number of carbonyl (C=O) groups is 1. The minimum atomic E-state index is -0.194. The first-order chi connectivity index (χ1) is 8.56. The number of nitrogens with one attached hydrogen (secondary N) is 1. The van der Waals surface area contributed by atoms with E-state index in [-0.39, 0.29) is 11.4 Å². The molecule has 1 aromatic carbocycles. The molecule has 18 heavy (non-hydrogen) atoms. The second kappa shape index (κ2) is 5.41. The maximum Gasteiger partial charge on any atom is 0.252 e. The fourth-order valence-corrected chi connectivity index (χ4v) is 2.98. The summed E-state index contributed by atoms with van der Waals surface area (Å²) >= 11 is 3.43. The minimum Gasteiger partial charge on any atom is -0.345 e. The van der Waals surface area contributed by atoms with Gasteiger partial charge in [-0.15, -0.1) is 0 Å². The van der Waals surface area contributed by atoms with Gasteiger partial charge in [0.2, 0.25) is 0 Å². The summed E-state index contributed by atoms with van der Waals surface area (Å²) in [6, 6.07) is 5.79. The average Bonchev–Trinajstić information content (AvgIpc) is 2.81. The zero-order chi connectivity index (χ0) is 13.2. The number of hydrogen-bond donors (Lipinski definition) is 2. The molecule has 1 amide bonds. The summed E-state index contributed by atoms with van der Waals surface area (Å²) in [5.41, 5.74) is 7.41. The Bertz CT molecular complexity index is 453. The van der Waals surface area contributed by atoms with E-state index < -0.39 is 0 Å². The van der Waals surface area contributed by atoms with Crippen LogP contribution in [0.1, 0.15) is 41.6 Å². The van der Waals surface area contributed by atoms with Crippen molar-refractivity contribution in [2.45, 2.75) is 38.1 Å². The van der Waals surface area contributed by atoms with Gasteiger partial charge in [0.15, 0.2) is 0 Å². The van der Waals surface area contributed by atoms with Crippen LogP contribution >= 0.6 is 15.9 Å². The quantitative estimate of drug-likeness (QED) is 0.902. The summed E-state index contributed by atoms with van der Waals surface area (Å²) < 4.78 is 0.829. The van der Waals surface area contributed by atoms with Crippen molar-refractivity contribution in [3.8, 4) is 0 Å². The van der Waals surface area contributed by atoms with Crippen LogP contribution in [0.15, 0.2) is 22.7 Å². The minimum absolute atomic E-state index is 0.0297. The van der Waals surface area contributed by atoms with Crippen molar-refractivity contribution in [2.75, 3.05) is 6.54 Å². The van der Waals surface area contributed by atoms with E-state index >= 15 is 0 Å². The molecule has 0 atom stereocenters. The van der Waals surface area contributed by atoms with Crippen molar-refractivity contribution in [3.05, 3.63) is 33.8 Å². The third-order valence-corrected chi connectivity index (χ3v) is 4.39. The van der Waals surface area contributed by atoms with E-state index in [1.165, 1.54) is 0 Å². The van der Waals surface area contributed by atoms with Gasteiger partial charge in [-0.1, -0.05) is 24.5 Å². The number of rotatable bonds is 3. The molecule has 0 radical (unpaired) electrons. The molecule has 0 spiro atoms. The van der Waals surface area contributed by atoms with Crippen molar-refractivity contribution in [1.82, 2.24) is 5.32 Å². The summed E-state index contributed by atoms with van der Waals surface area (Å²) in [6.45, 7) is 2.50. The molecule has 0 aromatic heterocycles. The lowest BCUT2D eigenvalue weighted by Gasteiger charge is -2.29. The predicted octanol–water partition coefficient (Wildman–Crippen LogP) is 2.76. The van der Waals surface area contributed by atoms with Crippen LogP contribution < -0.4 is 11.1 Å². The lowest BCUT2D eigenvalue weighted by molar-refractivity contribution is 0.0902. The highest BCUT2D eigenvalue weighted by Crippen LogP contribution is 2.29. The highest BCUT2D eigenvalue weighted by Gasteiger charge is 2.34. The second-order valence-corrected chi connectivity index (χ2v) is 5.98. The van der Waals surface area contributed by atoms with Crippen LogP contribution in [0.5, 0.6) is 0 Å². The molecule has 1 fully saturated rings. The van der Waals surface area contributed by atoms with Crippen LogP contribution in [0, 0.1) is 6.92 Å². The van der Waals surface area contributed by atoms with Gasteiger partial charge in [-0.25, -0.2) is 0 Å². The molecule has 1 aliphatic carbocycles. The van der Waals surface area contributed by atoms with E-state index in [0.29, 0.717) is 12.1 Å². The first kappa shape index (κ1) is 13.6. The van der Waals surface area contributed by atoms with Crippen molar-refractivity contribution >= 4 is 21.8 Å². The highest BCUT2D eigenvalue weighted by atomic mass is 79.9. The topological polar surface area (TPSA) is 55.1 Å². The SMILES string of the molecule is Cc1ccc(Br)c(C(=O)NC2(CN)CCCC2)c1. The van der Waals surface area contributed by atoms with Crippen LogP contribution in [-0.2, 0) is 0 Å². The van der Waals surface area contributed by atoms with Gasteiger partial charge >= 0.3 is 0 Å². The highest BCUT2D eigenvalue weighted by molar-refractivity contribution is 9.10. The zero-order valence-corrected chi connectivity index (χ0v) is 12.2. The van der Waals surface area contributed by atoms with Gasteiger partial charge in [0, 0.05) is 11.0 Å².